The first-order valence-electron chi connectivity index (χ1n) is 9.52. The largest absolute Gasteiger partial charge is 0.486 e. The number of benzene rings is 1. The molecule has 1 amide bonds. The van der Waals surface area contributed by atoms with Crippen LogP contribution in [0.25, 0.3) is 0 Å². The van der Waals surface area contributed by atoms with Crippen LogP contribution in [0.15, 0.2) is 27.8 Å². The van der Waals surface area contributed by atoms with Crippen LogP contribution in [-0.4, -0.2) is 29.1 Å². The number of carbonyl (C=O) groups excluding carboxylic acids is 1. The van der Waals surface area contributed by atoms with Crippen molar-refractivity contribution in [3.63, 3.8) is 0 Å². The van der Waals surface area contributed by atoms with E-state index in [-0.39, 0.29) is 24.8 Å². The van der Waals surface area contributed by atoms with Gasteiger partial charge in [0.25, 0.3) is 5.56 Å². The maximum absolute atomic E-state index is 12.6. The second-order valence-electron chi connectivity index (χ2n) is 7.30. The van der Waals surface area contributed by atoms with E-state index in [0.717, 1.165) is 24.2 Å². The Morgan fingerprint density at radius 2 is 1.93 bits per heavy atom. The van der Waals surface area contributed by atoms with Crippen molar-refractivity contribution in [1.29, 1.82) is 0 Å². The van der Waals surface area contributed by atoms with Crippen LogP contribution in [0, 0.1) is 12.8 Å². The molecular weight excluding hydrogens is 362 g/mol. The fourth-order valence-corrected chi connectivity index (χ4v) is 3.57. The van der Waals surface area contributed by atoms with Crippen LogP contribution >= 0.6 is 0 Å². The average Bonchev–Trinajstić information content (AvgIpc) is 3.50. The molecule has 148 valence electrons. The Hall–Kier alpha value is -3.03. The van der Waals surface area contributed by atoms with Gasteiger partial charge < -0.3 is 19.8 Å². The van der Waals surface area contributed by atoms with Gasteiger partial charge in [0.05, 0.1) is 6.04 Å². The Morgan fingerprint density at radius 3 is 2.64 bits per heavy atom. The van der Waals surface area contributed by atoms with Crippen molar-refractivity contribution in [1.82, 2.24) is 15.3 Å². The molecule has 28 heavy (non-hydrogen) atoms. The van der Waals surface area contributed by atoms with Crippen molar-refractivity contribution in [3.05, 3.63) is 55.9 Å². The molecule has 1 aromatic heterocycles. The zero-order valence-electron chi connectivity index (χ0n) is 15.7. The Morgan fingerprint density at radius 1 is 1.18 bits per heavy atom. The summed E-state index contributed by atoms with van der Waals surface area (Å²) < 4.78 is 11.2. The lowest BCUT2D eigenvalue weighted by atomic mass is 10.0. The number of nitrogens with one attached hydrogen (secondary N) is 3. The minimum atomic E-state index is -0.539. The van der Waals surface area contributed by atoms with Gasteiger partial charge in [-0.25, -0.2) is 4.79 Å². The number of aromatic amines is 2. The molecule has 1 unspecified atom stereocenters. The van der Waals surface area contributed by atoms with E-state index < -0.39 is 11.2 Å². The number of rotatable bonds is 6. The monoisotopic (exact) mass is 385 g/mol. The summed E-state index contributed by atoms with van der Waals surface area (Å²) >= 11 is 0. The van der Waals surface area contributed by atoms with E-state index in [1.54, 1.807) is 6.92 Å². The van der Waals surface area contributed by atoms with Gasteiger partial charge in [0.15, 0.2) is 11.5 Å². The molecule has 2 aromatic rings. The highest BCUT2D eigenvalue weighted by Gasteiger charge is 2.34. The molecule has 1 fully saturated rings. The van der Waals surface area contributed by atoms with Gasteiger partial charge >= 0.3 is 5.69 Å². The maximum atomic E-state index is 12.6. The summed E-state index contributed by atoms with van der Waals surface area (Å²) in [6, 6.07) is 5.70. The number of ether oxygens (including phenoxy) is 2. The number of hydrogen-bond donors (Lipinski definition) is 3. The number of hydrogen-bond acceptors (Lipinski definition) is 5. The summed E-state index contributed by atoms with van der Waals surface area (Å²) in [6.07, 6.45) is 2.57. The molecule has 0 saturated heterocycles. The Bertz CT molecular complexity index is 1010. The zero-order chi connectivity index (χ0) is 19.7. The summed E-state index contributed by atoms with van der Waals surface area (Å²) in [5.74, 6) is 1.71. The van der Waals surface area contributed by atoms with E-state index in [1.807, 2.05) is 18.2 Å². The van der Waals surface area contributed by atoms with Crippen LogP contribution in [0.3, 0.4) is 0 Å². The number of fused-ring (bicyclic) bond motifs is 1. The topological polar surface area (TPSA) is 113 Å². The van der Waals surface area contributed by atoms with Gasteiger partial charge in [0.1, 0.15) is 13.2 Å². The summed E-state index contributed by atoms with van der Waals surface area (Å²) in [4.78, 5) is 40.5. The van der Waals surface area contributed by atoms with Gasteiger partial charge in [0, 0.05) is 17.7 Å². The normalized spacial score (nSPS) is 16.5. The molecule has 2 aliphatic rings. The molecule has 8 heteroatoms. The van der Waals surface area contributed by atoms with Crippen LogP contribution in [-0.2, 0) is 11.2 Å². The summed E-state index contributed by atoms with van der Waals surface area (Å²) in [7, 11) is 0. The molecule has 2 heterocycles. The Labute approximate surface area is 161 Å². The van der Waals surface area contributed by atoms with E-state index in [1.165, 1.54) is 0 Å². The number of amides is 1. The third-order valence-electron chi connectivity index (χ3n) is 5.19. The van der Waals surface area contributed by atoms with Gasteiger partial charge in [-0.15, -0.1) is 0 Å². The summed E-state index contributed by atoms with van der Waals surface area (Å²) in [6.45, 7) is 2.72. The quantitative estimate of drug-likeness (QED) is 0.695. The van der Waals surface area contributed by atoms with E-state index in [9.17, 15) is 14.4 Å². The highest BCUT2D eigenvalue weighted by atomic mass is 16.6. The van der Waals surface area contributed by atoms with Gasteiger partial charge in [-0.3, -0.25) is 14.6 Å². The molecule has 4 rings (SSSR count). The van der Waals surface area contributed by atoms with Crippen LogP contribution in [0.5, 0.6) is 11.5 Å². The highest BCUT2D eigenvalue weighted by Crippen LogP contribution is 2.43. The van der Waals surface area contributed by atoms with E-state index in [4.69, 9.17) is 9.47 Å². The molecule has 0 radical (unpaired) electrons. The van der Waals surface area contributed by atoms with Crippen LogP contribution in [0.1, 0.15) is 42.1 Å². The molecule has 1 saturated carbocycles. The molecule has 8 nitrogen and oxygen atoms in total. The van der Waals surface area contributed by atoms with Crippen LogP contribution < -0.4 is 26.0 Å². The van der Waals surface area contributed by atoms with Crippen molar-refractivity contribution < 1.29 is 14.3 Å². The fraction of sp³-hybridized carbons (Fsp3) is 0.450. The van der Waals surface area contributed by atoms with Crippen molar-refractivity contribution in [3.8, 4) is 11.5 Å². The number of aromatic nitrogens is 2. The van der Waals surface area contributed by atoms with Crippen molar-refractivity contribution in [2.45, 2.75) is 38.6 Å². The molecule has 3 N–H and O–H groups in total. The lowest BCUT2D eigenvalue weighted by Crippen LogP contribution is -2.32. The first-order valence-corrected chi connectivity index (χ1v) is 9.52. The van der Waals surface area contributed by atoms with Crippen molar-refractivity contribution >= 4 is 5.91 Å². The molecular formula is C20H23N3O5. The maximum Gasteiger partial charge on any atom is 0.325 e. The van der Waals surface area contributed by atoms with Crippen molar-refractivity contribution in [2.24, 2.45) is 5.92 Å². The van der Waals surface area contributed by atoms with Gasteiger partial charge in [0.2, 0.25) is 5.91 Å². The van der Waals surface area contributed by atoms with E-state index >= 15 is 0 Å². The predicted octanol–water partition coefficient (Wildman–Crippen LogP) is 1.34. The third-order valence-corrected chi connectivity index (χ3v) is 5.19. The minimum Gasteiger partial charge on any atom is -0.486 e. The van der Waals surface area contributed by atoms with E-state index in [0.29, 0.717) is 36.1 Å². The lowest BCUT2D eigenvalue weighted by molar-refractivity contribution is -0.122. The molecule has 0 bridgehead atoms. The van der Waals surface area contributed by atoms with Crippen molar-refractivity contribution in [2.75, 3.05) is 13.2 Å². The first-order chi connectivity index (χ1) is 13.5. The SMILES string of the molecule is Cc1[nH]c(=O)[nH]c(=O)c1CCC(=O)NC(c1ccc2c(c1)OCCO2)C1CC1. The summed E-state index contributed by atoms with van der Waals surface area (Å²) in [5, 5.41) is 3.10. The second-order valence-corrected chi connectivity index (χ2v) is 7.30. The summed E-state index contributed by atoms with van der Waals surface area (Å²) in [5.41, 5.74) is 0.935. The fourth-order valence-electron chi connectivity index (χ4n) is 3.57. The molecule has 1 aliphatic heterocycles. The molecule has 1 aromatic carbocycles. The van der Waals surface area contributed by atoms with Gasteiger partial charge in [-0.05, 0) is 49.8 Å². The first kappa shape index (κ1) is 18.3. The molecule has 0 spiro atoms. The van der Waals surface area contributed by atoms with Crippen LogP contribution in [0.4, 0.5) is 0 Å². The zero-order valence-corrected chi connectivity index (χ0v) is 15.7. The third kappa shape index (κ3) is 3.95. The standard InChI is InChI=1S/C20H23N3O5/c1-11-14(19(25)23-20(26)21-11)5-7-17(24)22-18(12-2-3-12)13-4-6-15-16(10-13)28-9-8-27-15/h4,6,10,12,18H,2-3,5,7-9H2,1H3,(H,22,24)(H2,21,23,25,26). The van der Waals surface area contributed by atoms with Crippen LogP contribution in [0.2, 0.25) is 0 Å². The smallest absolute Gasteiger partial charge is 0.325 e. The van der Waals surface area contributed by atoms with Gasteiger partial charge in [-0.1, -0.05) is 6.07 Å². The highest BCUT2D eigenvalue weighted by molar-refractivity contribution is 5.77. The minimum absolute atomic E-state index is 0.0849. The number of aryl methyl sites for hydroxylation is 1. The van der Waals surface area contributed by atoms with Gasteiger partial charge in [-0.2, -0.15) is 0 Å². The number of H-pyrrole nitrogens is 2. The average molecular weight is 385 g/mol. The Kier molecular flexibility index (Phi) is 4.93. The molecule has 1 aliphatic carbocycles. The molecule has 1 atom stereocenters. The number of carbonyl (C=O) groups is 1. The second kappa shape index (κ2) is 7.53. The lowest BCUT2D eigenvalue weighted by Gasteiger charge is -2.23. The predicted molar refractivity (Wildman–Crippen MR) is 102 cm³/mol. The Balaban J connectivity index is 1.45. The van der Waals surface area contributed by atoms with E-state index in [2.05, 4.69) is 15.3 Å².